The quantitative estimate of drug-likeness (QED) is 0.902. The number of hydrogen-bond donors (Lipinski definition) is 1. The summed E-state index contributed by atoms with van der Waals surface area (Å²) in [6.45, 7) is 4.10. The van der Waals surface area contributed by atoms with E-state index in [2.05, 4.69) is 9.97 Å². The Hall–Kier alpha value is -2.63. The summed E-state index contributed by atoms with van der Waals surface area (Å²) >= 11 is 0. The minimum absolute atomic E-state index is 0.0593. The number of aryl methyl sites for hydroxylation is 1. The van der Waals surface area contributed by atoms with E-state index in [0.29, 0.717) is 18.1 Å². The molecule has 0 fully saturated rings. The highest BCUT2D eigenvalue weighted by Crippen LogP contribution is 2.22. The molecule has 0 aliphatic heterocycles. The molecule has 0 saturated heterocycles. The second kappa shape index (κ2) is 6.01. The van der Waals surface area contributed by atoms with Gasteiger partial charge in [-0.3, -0.25) is 0 Å². The largest absolute Gasteiger partial charge is 0.494 e. The van der Waals surface area contributed by atoms with E-state index in [0.717, 1.165) is 5.75 Å². The maximum Gasteiger partial charge on any atom is 0.339 e. The fourth-order valence-corrected chi connectivity index (χ4v) is 1.58. The number of hydrogen-bond acceptors (Lipinski definition) is 5. The van der Waals surface area contributed by atoms with Crippen molar-refractivity contribution >= 4 is 5.97 Å². The molecule has 0 radical (unpaired) electrons. The van der Waals surface area contributed by atoms with Crippen molar-refractivity contribution in [3.8, 4) is 17.5 Å². The molecular weight excluding hydrogens is 260 g/mol. The lowest BCUT2D eigenvalue weighted by molar-refractivity contribution is 0.0695. The molecule has 20 heavy (non-hydrogen) atoms. The lowest BCUT2D eigenvalue weighted by Crippen LogP contribution is -2.04. The number of ether oxygens (including phenoxy) is 2. The van der Waals surface area contributed by atoms with Gasteiger partial charge in [-0.15, -0.1) is 0 Å². The molecule has 1 N–H and O–H groups in total. The smallest absolute Gasteiger partial charge is 0.339 e. The van der Waals surface area contributed by atoms with E-state index >= 15 is 0 Å². The third-order valence-electron chi connectivity index (χ3n) is 2.53. The first-order valence-corrected chi connectivity index (χ1v) is 6.07. The van der Waals surface area contributed by atoms with Gasteiger partial charge < -0.3 is 14.6 Å². The number of aromatic carboxylic acids is 1. The highest BCUT2D eigenvalue weighted by atomic mass is 16.5. The molecule has 6 nitrogen and oxygen atoms in total. The first kappa shape index (κ1) is 13.8. The van der Waals surface area contributed by atoms with Crippen LogP contribution < -0.4 is 9.47 Å². The van der Waals surface area contributed by atoms with E-state index in [1.165, 1.54) is 6.20 Å². The van der Waals surface area contributed by atoms with Gasteiger partial charge >= 0.3 is 12.0 Å². The third-order valence-corrected chi connectivity index (χ3v) is 2.53. The van der Waals surface area contributed by atoms with Crippen molar-refractivity contribution in [2.45, 2.75) is 13.8 Å². The van der Waals surface area contributed by atoms with Crippen LogP contribution in [0.15, 0.2) is 30.5 Å². The molecule has 0 unspecified atom stereocenters. The van der Waals surface area contributed by atoms with E-state index in [1.807, 2.05) is 6.92 Å². The Labute approximate surface area is 116 Å². The summed E-state index contributed by atoms with van der Waals surface area (Å²) in [5, 5.41) is 8.89. The van der Waals surface area contributed by atoms with Gasteiger partial charge in [-0.2, -0.15) is 4.98 Å². The zero-order valence-corrected chi connectivity index (χ0v) is 11.2. The number of rotatable bonds is 5. The van der Waals surface area contributed by atoms with Crippen LogP contribution >= 0.6 is 0 Å². The van der Waals surface area contributed by atoms with Crippen molar-refractivity contribution in [1.82, 2.24) is 9.97 Å². The monoisotopic (exact) mass is 274 g/mol. The highest BCUT2D eigenvalue weighted by Gasteiger charge is 2.11. The van der Waals surface area contributed by atoms with Crippen LogP contribution in [0, 0.1) is 6.92 Å². The highest BCUT2D eigenvalue weighted by molar-refractivity contribution is 5.88. The summed E-state index contributed by atoms with van der Waals surface area (Å²) in [6, 6.07) is 7.12. The van der Waals surface area contributed by atoms with Gasteiger partial charge in [-0.05, 0) is 38.1 Å². The second-order valence-electron chi connectivity index (χ2n) is 3.96. The molecule has 0 aliphatic carbocycles. The summed E-state index contributed by atoms with van der Waals surface area (Å²) in [5.74, 6) is 0.240. The molecule has 0 saturated carbocycles. The summed E-state index contributed by atoms with van der Waals surface area (Å²) in [5.41, 5.74) is 0.414. The van der Waals surface area contributed by atoms with Crippen molar-refractivity contribution in [3.63, 3.8) is 0 Å². The lowest BCUT2D eigenvalue weighted by Gasteiger charge is -2.07. The average molecular weight is 274 g/mol. The zero-order valence-electron chi connectivity index (χ0n) is 11.2. The van der Waals surface area contributed by atoms with E-state index in [4.69, 9.17) is 14.6 Å². The molecule has 0 bridgehead atoms. The van der Waals surface area contributed by atoms with Crippen LogP contribution in [0.4, 0.5) is 0 Å². The van der Waals surface area contributed by atoms with E-state index < -0.39 is 5.97 Å². The summed E-state index contributed by atoms with van der Waals surface area (Å²) in [6.07, 6.45) is 1.23. The molecule has 0 spiro atoms. The van der Waals surface area contributed by atoms with Crippen LogP contribution in [0.1, 0.15) is 23.0 Å². The van der Waals surface area contributed by atoms with Gasteiger partial charge in [0.05, 0.1) is 17.9 Å². The summed E-state index contributed by atoms with van der Waals surface area (Å²) in [4.78, 5) is 18.7. The molecule has 0 amide bonds. The van der Waals surface area contributed by atoms with E-state index in [1.54, 1.807) is 31.2 Å². The van der Waals surface area contributed by atoms with Crippen molar-refractivity contribution < 1.29 is 19.4 Å². The molecule has 0 atom stereocenters. The Balaban J connectivity index is 2.13. The average Bonchev–Trinajstić information content (AvgIpc) is 2.41. The van der Waals surface area contributed by atoms with Crippen molar-refractivity contribution in [2.75, 3.05) is 6.61 Å². The number of carboxylic acids is 1. The molecular formula is C14H14N2O4. The minimum Gasteiger partial charge on any atom is -0.494 e. The SMILES string of the molecule is CCOc1ccc(Oc2ncc(C(=O)O)c(C)n2)cc1. The van der Waals surface area contributed by atoms with Gasteiger partial charge in [0.15, 0.2) is 0 Å². The summed E-state index contributed by atoms with van der Waals surface area (Å²) < 4.78 is 10.8. The Morgan fingerprint density at radius 1 is 1.25 bits per heavy atom. The van der Waals surface area contributed by atoms with E-state index in [9.17, 15) is 4.79 Å². The molecule has 2 rings (SSSR count). The van der Waals surface area contributed by atoms with Gasteiger partial charge in [0, 0.05) is 6.20 Å². The molecule has 1 aromatic heterocycles. The standard InChI is InChI=1S/C14H14N2O4/c1-3-19-10-4-6-11(7-5-10)20-14-15-8-12(13(17)18)9(2)16-14/h4-8H,3H2,1-2H3,(H,17,18). The molecule has 2 aromatic rings. The topological polar surface area (TPSA) is 81.5 Å². The minimum atomic E-state index is -1.06. The van der Waals surface area contributed by atoms with Gasteiger partial charge in [-0.1, -0.05) is 0 Å². The maximum atomic E-state index is 10.9. The molecule has 104 valence electrons. The third kappa shape index (κ3) is 3.23. The number of carboxylic acid groups (broad SMARTS) is 1. The fourth-order valence-electron chi connectivity index (χ4n) is 1.58. The van der Waals surface area contributed by atoms with Crippen LogP contribution in [0.5, 0.6) is 17.5 Å². The van der Waals surface area contributed by atoms with Gasteiger partial charge in [0.2, 0.25) is 0 Å². The van der Waals surface area contributed by atoms with Crippen LogP contribution in [-0.2, 0) is 0 Å². The number of carbonyl (C=O) groups is 1. The predicted octanol–water partition coefficient (Wildman–Crippen LogP) is 2.67. The molecule has 1 aromatic carbocycles. The fraction of sp³-hybridized carbons (Fsp3) is 0.214. The Kier molecular flexibility index (Phi) is 4.14. The molecule has 6 heteroatoms. The van der Waals surface area contributed by atoms with Crippen LogP contribution in [0.2, 0.25) is 0 Å². The normalized spacial score (nSPS) is 10.1. The molecule has 0 aliphatic rings. The first-order valence-electron chi connectivity index (χ1n) is 6.07. The predicted molar refractivity (Wildman–Crippen MR) is 71.4 cm³/mol. The number of nitrogens with zero attached hydrogens (tertiary/aromatic N) is 2. The Morgan fingerprint density at radius 3 is 2.45 bits per heavy atom. The van der Waals surface area contributed by atoms with Gasteiger partial charge in [-0.25, -0.2) is 9.78 Å². The zero-order chi connectivity index (χ0) is 14.5. The molecule has 1 heterocycles. The maximum absolute atomic E-state index is 10.9. The second-order valence-corrected chi connectivity index (χ2v) is 3.96. The van der Waals surface area contributed by atoms with Gasteiger partial charge in [0.1, 0.15) is 11.5 Å². The number of aromatic nitrogens is 2. The van der Waals surface area contributed by atoms with Crippen molar-refractivity contribution in [3.05, 3.63) is 41.7 Å². The van der Waals surface area contributed by atoms with Crippen molar-refractivity contribution in [2.24, 2.45) is 0 Å². The van der Waals surface area contributed by atoms with Crippen LogP contribution in [0.25, 0.3) is 0 Å². The van der Waals surface area contributed by atoms with E-state index in [-0.39, 0.29) is 11.6 Å². The Morgan fingerprint density at radius 2 is 1.90 bits per heavy atom. The Bertz CT molecular complexity index is 611. The summed E-state index contributed by atoms with van der Waals surface area (Å²) in [7, 11) is 0. The number of benzene rings is 1. The van der Waals surface area contributed by atoms with Crippen LogP contribution in [-0.4, -0.2) is 27.7 Å². The van der Waals surface area contributed by atoms with Gasteiger partial charge in [0.25, 0.3) is 0 Å². The first-order chi connectivity index (χ1) is 9.60. The van der Waals surface area contributed by atoms with Crippen molar-refractivity contribution in [1.29, 1.82) is 0 Å². The van der Waals surface area contributed by atoms with Crippen LogP contribution in [0.3, 0.4) is 0 Å². The lowest BCUT2D eigenvalue weighted by atomic mass is 10.2.